The molecule has 7 heteroatoms. The van der Waals surface area contributed by atoms with Gasteiger partial charge in [0.15, 0.2) is 6.61 Å². The van der Waals surface area contributed by atoms with Crippen LogP contribution in [0, 0.1) is 12.8 Å². The number of carbonyl (C=O) groups is 2. The fraction of sp³-hybridized carbons (Fsp3) is 0.391. The highest BCUT2D eigenvalue weighted by Crippen LogP contribution is 2.27. The molecule has 2 aromatic rings. The molecule has 0 saturated heterocycles. The summed E-state index contributed by atoms with van der Waals surface area (Å²) < 4.78 is 5.61. The van der Waals surface area contributed by atoms with Gasteiger partial charge < -0.3 is 15.0 Å². The Hall–Kier alpha value is -2.24. The highest BCUT2D eigenvalue weighted by atomic mass is 35.5. The van der Waals surface area contributed by atoms with Gasteiger partial charge in [0.2, 0.25) is 5.91 Å². The Morgan fingerprint density at radius 1 is 1.10 bits per heavy atom. The zero-order valence-electron chi connectivity index (χ0n) is 17.7. The summed E-state index contributed by atoms with van der Waals surface area (Å²) in [5, 5.41) is 3.70. The molecule has 0 aliphatic carbocycles. The van der Waals surface area contributed by atoms with Crippen LogP contribution in [0.5, 0.6) is 5.75 Å². The molecule has 2 rings (SSSR count). The minimum Gasteiger partial charge on any atom is -0.482 e. The van der Waals surface area contributed by atoms with Gasteiger partial charge in [-0.3, -0.25) is 9.59 Å². The summed E-state index contributed by atoms with van der Waals surface area (Å²) in [6.45, 7) is 8.35. The summed E-state index contributed by atoms with van der Waals surface area (Å²) in [6.07, 6.45) is 0. The fourth-order valence-corrected chi connectivity index (χ4v) is 3.32. The highest BCUT2D eigenvalue weighted by Gasteiger charge is 2.26. The third-order valence-corrected chi connectivity index (χ3v) is 5.06. The van der Waals surface area contributed by atoms with Crippen LogP contribution >= 0.6 is 23.2 Å². The molecule has 0 aromatic heterocycles. The SMILES string of the molecule is Cc1cccc(CN(C(=O)COc2ccc(Cl)cc2Cl)C(C)C(=O)NCC(C)C)c1. The first-order chi connectivity index (χ1) is 14.2. The molecule has 0 bridgehead atoms. The first kappa shape index (κ1) is 24.0. The molecule has 0 heterocycles. The van der Waals surface area contributed by atoms with E-state index in [-0.39, 0.29) is 18.4 Å². The van der Waals surface area contributed by atoms with Gasteiger partial charge in [-0.1, -0.05) is 66.9 Å². The number of nitrogens with one attached hydrogen (secondary N) is 1. The van der Waals surface area contributed by atoms with E-state index in [4.69, 9.17) is 27.9 Å². The maximum absolute atomic E-state index is 13.0. The van der Waals surface area contributed by atoms with Gasteiger partial charge in [-0.05, 0) is 43.5 Å². The van der Waals surface area contributed by atoms with Gasteiger partial charge in [0.1, 0.15) is 11.8 Å². The maximum Gasteiger partial charge on any atom is 0.261 e. The summed E-state index contributed by atoms with van der Waals surface area (Å²) in [5.41, 5.74) is 2.03. The van der Waals surface area contributed by atoms with Crippen molar-refractivity contribution < 1.29 is 14.3 Å². The van der Waals surface area contributed by atoms with Crippen LogP contribution in [0.15, 0.2) is 42.5 Å². The van der Waals surface area contributed by atoms with Gasteiger partial charge in [-0.15, -0.1) is 0 Å². The molecular weight excluding hydrogens is 423 g/mol. The zero-order valence-corrected chi connectivity index (χ0v) is 19.3. The molecule has 1 atom stereocenters. The number of amides is 2. The van der Waals surface area contributed by atoms with Gasteiger partial charge in [0, 0.05) is 18.1 Å². The van der Waals surface area contributed by atoms with Crippen LogP contribution in [-0.4, -0.2) is 35.9 Å². The highest BCUT2D eigenvalue weighted by molar-refractivity contribution is 6.35. The third-order valence-electron chi connectivity index (χ3n) is 4.53. The molecule has 0 aliphatic heterocycles. The normalized spacial score (nSPS) is 11.8. The number of hydrogen-bond donors (Lipinski definition) is 1. The Labute approximate surface area is 188 Å². The number of benzene rings is 2. The van der Waals surface area contributed by atoms with E-state index < -0.39 is 6.04 Å². The van der Waals surface area contributed by atoms with Crippen molar-refractivity contribution in [1.82, 2.24) is 10.2 Å². The molecule has 5 nitrogen and oxygen atoms in total. The molecule has 162 valence electrons. The van der Waals surface area contributed by atoms with Crippen molar-refractivity contribution in [3.05, 3.63) is 63.6 Å². The molecule has 0 fully saturated rings. The molecule has 0 aliphatic rings. The van der Waals surface area contributed by atoms with E-state index in [0.29, 0.717) is 34.8 Å². The van der Waals surface area contributed by atoms with Crippen molar-refractivity contribution in [3.63, 3.8) is 0 Å². The summed E-state index contributed by atoms with van der Waals surface area (Å²) in [6, 6.07) is 12.0. The van der Waals surface area contributed by atoms with Crippen molar-refractivity contribution in [2.24, 2.45) is 5.92 Å². The first-order valence-corrected chi connectivity index (χ1v) is 10.6. The van der Waals surface area contributed by atoms with E-state index in [1.54, 1.807) is 25.1 Å². The lowest BCUT2D eigenvalue weighted by atomic mass is 10.1. The van der Waals surface area contributed by atoms with E-state index in [1.807, 2.05) is 45.0 Å². The predicted octanol–water partition coefficient (Wildman–Crippen LogP) is 4.87. The Bertz CT molecular complexity index is 887. The maximum atomic E-state index is 13.0. The van der Waals surface area contributed by atoms with Gasteiger partial charge >= 0.3 is 0 Å². The number of hydrogen-bond acceptors (Lipinski definition) is 3. The predicted molar refractivity (Wildman–Crippen MR) is 121 cm³/mol. The number of rotatable bonds is 9. The molecule has 2 amide bonds. The lowest BCUT2D eigenvalue weighted by molar-refractivity contribution is -0.142. The lowest BCUT2D eigenvalue weighted by Gasteiger charge is -2.29. The van der Waals surface area contributed by atoms with Crippen molar-refractivity contribution in [2.75, 3.05) is 13.2 Å². The van der Waals surface area contributed by atoms with Crippen LogP contribution in [0.1, 0.15) is 31.9 Å². The van der Waals surface area contributed by atoms with Crippen LogP contribution < -0.4 is 10.1 Å². The van der Waals surface area contributed by atoms with Gasteiger partial charge in [-0.25, -0.2) is 0 Å². The summed E-state index contributed by atoms with van der Waals surface area (Å²) >= 11 is 12.0. The van der Waals surface area contributed by atoms with Crippen LogP contribution in [0.3, 0.4) is 0 Å². The van der Waals surface area contributed by atoms with Crippen molar-refractivity contribution >= 4 is 35.0 Å². The largest absolute Gasteiger partial charge is 0.482 e. The second-order valence-corrected chi connectivity index (χ2v) is 8.53. The minimum atomic E-state index is -0.652. The van der Waals surface area contributed by atoms with Gasteiger partial charge in [-0.2, -0.15) is 0 Å². The Morgan fingerprint density at radius 3 is 2.47 bits per heavy atom. The third kappa shape index (κ3) is 7.22. The summed E-state index contributed by atoms with van der Waals surface area (Å²) in [4.78, 5) is 27.2. The number of carbonyl (C=O) groups excluding carboxylic acids is 2. The molecule has 0 spiro atoms. The van der Waals surface area contributed by atoms with E-state index in [0.717, 1.165) is 11.1 Å². The standard InChI is InChI=1S/C23H28Cl2N2O3/c1-15(2)12-26-23(29)17(4)27(13-18-7-5-6-16(3)10-18)22(28)14-30-21-9-8-19(24)11-20(21)25/h5-11,15,17H,12-14H2,1-4H3,(H,26,29). The van der Waals surface area contributed by atoms with Crippen LogP contribution in [0.25, 0.3) is 0 Å². The monoisotopic (exact) mass is 450 g/mol. The average Bonchev–Trinajstić information content (AvgIpc) is 2.68. The quantitative estimate of drug-likeness (QED) is 0.592. The van der Waals surface area contributed by atoms with Crippen molar-refractivity contribution in [2.45, 2.75) is 40.3 Å². The minimum absolute atomic E-state index is 0.200. The second kappa shape index (κ2) is 11.2. The summed E-state index contributed by atoms with van der Waals surface area (Å²) in [5.74, 6) is 0.170. The number of nitrogens with zero attached hydrogens (tertiary/aromatic N) is 1. The molecule has 1 unspecified atom stereocenters. The van der Waals surface area contributed by atoms with Gasteiger partial charge in [0.05, 0.1) is 5.02 Å². The van der Waals surface area contributed by atoms with Gasteiger partial charge in [0.25, 0.3) is 5.91 Å². The number of ether oxygens (including phenoxy) is 1. The molecule has 0 saturated carbocycles. The topological polar surface area (TPSA) is 58.6 Å². The Balaban J connectivity index is 2.15. The van der Waals surface area contributed by atoms with Crippen molar-refractivity contribution in [3.8, 4) is 5.75 Å². The fourth-order valence-electron chi connectivity index (χ4n) is 2.86. The van der Waals surface area contributed by atoms with Crippen LogP contribution in [-0.2, 0) is 16.1 Å². The second-order valence-electron chi connectivity index (χ2n) is 7.69. The lowest BCUT2D eigenvalue weighted by Crippen LogP contribution is -2.49. The first-order valence-electron chi connectivity index (χ1n) is 9.88. The van der Waals surface area contributed by atoms with Crippen LogP contribution in [0.4, 0.5) is 0 Å². The Kier molecular flexibility index (Phi) is 9.00. The molecule has 1 N–H and O–H groups in total. The van der Waals surface area contributed by atoms with E-state index in [2.05, 4.69) is 5.32 Å². The van der Waals surface area contributed by atoms with E-state index >= 15 is 0 Å². The molecule has 0 radical (unpaired) electrons. The number of halogens is 2. The molecular formula is C23H28Cl2N2O3. The van der Waals surface area contributed by atoms with Crippen molar-refractivity contribution in [1.29, 1.82) is 0 Å². The number of aryl methyl sites for hydroxylation is 1. The van der Waals surface area contributed by atoms with E-state index in [9.17, 15) is 9.59 Å². The Morgan fingerprint density at radius 2 is 1.83 bits per heavy atom. The van der Waals surface area contributed by atoms with E-state index in [1.165, 1.54) is 4.90 Å². The average molecular weight is 451 g/mol. The molecule has 2 aromatic carbocycles. The zero-order chi connectivity index (χ0) is 22.3. The smallest absolute Gasteiger partial charge is 0.261 e. The summed E-state index contributed by atoms with van der Waals surface area (Å²) in [7, 11) is 0. The molecule has 30 heavy (non-hydrogen) atoms. The van der Waals surface area contributed by atoms with Crippen LogP contribution in [0.2, 0.25) is 10.0 Å².